The Bertz CT molecular complexity index is 1120. The number of halogens is 3. The van der Waals surface area contributed by atoms with Crippen molar-refractivity contribution in [2.45, 2.75) is 46.8 Å². The van der Waals surface area contributed by atoms with Crippen molar-refractivity contribution in [2.75, 3.05) is 5.75 Å². The highest BCUT2D eigenvalue weighted by molar-refractivity contribution is 7.99. The molecule has 0 aromatic heterocycles. The fourth-order valence-electron chi connectivity index (χ4n) is 3.80. The number of aliphatic hydroxyl groups is 1. The maximum Gasteiger partial charge on any atom is 0.272 e. The van der Waals surface area contributed by atoms with Gasteiger partial charge in [0.1, 0.15) is 0 Å². The summed E-state index contributed by atoms with van der Waals surface area (Å²) in [5, 5.41) is 12.0. The molecule has 3 atom stereocenters. The Morgan fingerprint density at radius 2 is 1.56 bits per heavy atom. The Hall–Kier alpha value is -1.77. The van der Waals surface area contributed by atoms with Gasteiger partial charge in [-0.1, -0.05) is 102 Å². The lowest BCUT2D eigenvalue weighted by Crippen LogP contribution is -2.34. The van der Waals surface area contributed by atoms with Crippen LogP contribution in [-0.2, 0) is 27.4 Å². The van der Waals surface area contributed by atoms with Crippen LogP contribution in [0.25, 0.3) is 0 Å². The number of alkyl halides is 3. The van der Waals surface area contributed by atoms with Crippen LogP contribution in [0.5, 0.6) is 0 Å². The van der Waals surface area contributed by atoms with Gasteiger partial charge >= 0.3 is 0 Å². The molecule has 5 nitrogen and oxygen atoms in total. The number of rotatable bonds is 8. The molecule has 1 fully saturated rings. The molecule has 1 aliphatic rings. The maximum absolute atomic E-state index is 11.8. The van der Waals surface area contributed by atoms with Gasteiger partial charge in [0.15, 0.2) is 6.29 Å². The lowest BCUT2D eigenvalue weighted by molar-refractivity contribution is -0.245. The summed E-state index contributed by atoms with van der Waals surface area (Å²) >= 11 is 18.6. The lowest BCUT2D eigenvalue weighted by Gasteiger charge is -2.36. The van der Waals surface area contributed by atoms with Gasteiger partial charge in [0.2, 0.25) is 0 Å². The van der Waals surface area contributed by atoms with E-state index in [2.05, 4.69) is 17.4 Å². The molecule has 0 unspecified atom stereocenters. The number of amides is 1. The number of thioether (sulfide) groups is 1. The first-order valence-electron chi connectivity index (χ1n) is 11.4. The first-order chi connectivity index (χ1) is 17.3. The number of ether oxygens (including phenoxy) is 2. The van der Waals surface area contributed by atoms with E-state index in [1.165, 1.54) is 4.90 Å². The number of carbonyl (C=O) groups excluding carboxylic acids is 1. The second-order valence-electron chi connectivity index (χ2n) is 8.40. The van der Waals surface area contributed by atoms with Crippen molar-refractivity contribution in [1.82, 2.24) is 5.32 Å². The molecule has 36 heavy (non-hydrogen) atoms. The summed E-state index contributed by atoms with van der Waals surface area (Å²) in [5.74, 6) is 0.111. The van der Waals surface area contributed by atoms with Gasteiger partial charge in [-0.3, -0.25) is 4.79 Å². The van der Waals surface area contributed by atoms with Crippen molar-refractivity contribution in [1.29, 1.82) is 0 Å². The molecule has 0 saturated carbocycles. The van der Waals surface area contributed by atoms with Gasteiger partial charge in [0.05, 0.1) is 18.8 Å². The fourth-order valence-corrected chi connectivity index (χ4v) is 4.95. The van der Waals surface area contributed by atoms with Crippen molar-refractivity contribution in [2.24, 2.45) is 0 Å². The van der Waals surface area contributed by atoms with E-state index in [0.717, 1.165) is 34.4 Å². The van der Waals surface area contributed by atoms with Crippen LogP contribution in [0.4, 0.5) is 0 Å². The summed E-state index contributed by atoms with van der Waals surface area (Å²) < 4.78 is 10.8. The summed E-state index contributed by atoms with van der Waals surface area (Å²) in [6, 6.07) is 25.7. The van der Waals surface area contributed by atoms with E-state index in [1.807, 2.05) is 66.7 Å². The smallest absolute Gasteiger partial charge is 0.272 e. The molecule has 9 heteroatoms. The van der Waals surface area contributed by atoms with E-state index >= 15 is 0 Å². The quantitative estimate of drug-likeness (QED) is 0.241. The molecule has 1 saturated heterocycles. The zero-order chi connectivity index (χ0) is 25.5. The zero-order valence-corrected chi connectivity index (χ0v) is 22.4. The summed E-state index contributed by atoms with van der Waals surface area (Å²) in [4.78, 5) is 13.0. The van der Waals surface area contributed by atoms with E-state index < -0.39 is 16.0 Å². The highest BCUT2D eigenvalue weighted by atomic mass is 35.6. The summed E-state index contributed by atoms with van der Waals surface area (Å²) in [6.45, 7) is 0.234. The standard InChI is InChI=1S/C27H26Cl3NO4S/c28-27(29,30)26(33)31-15-18-6-12-21(13-7-18)25-34-22(17-36-23-4-2-1-3-5-23)14-24(35-25)20-10-8-19(16-32)9-11-20/h1-13,22,24-25,32H,14-17H2,(H,31,33)/t22-,24+,25+/m0/s1. The fraction of sp³-hybridized carbons (Fsp3) is 0.296. The molecule has 0 bridgehead atoms. The Kier molecular flexibility index (Phi) is 9.58. The van der Waals surface area contributed by atoms with Gasteiger partial charge in [-0.05, 0) is 28.8 Å². The van der Waals surface area contributed by atoms with E-state index in [1.54, 1.807) is 11.8 Å². The number of carbonyl (C=O) groups is 1. The monoisotopic (exact) mass is 565 g/mol. The molecule has 0 spiro atoms. The first-order valence-corrected chi connectivity index (χ1v) is 13.6. The van der Waals surface area contributed by atoms with Crippen molar-refractivity contribution in [3.05, 3.63) is 101 Å². The highest BCUT2D eigenvalue weighted by Crippen LogP contribution is 2.39. The minimum Gasteiger partial charge on any atom is -0.392 e. The van der Waals surface area contributed by atoms with Crippen LogP contribution in [0.2, 0.25) is 0 Å². The Morgan fingerprint density at radius 1 is 0.917 bits per heavy atom. The molecule has 1 amide bonds. The van der Waals surface area contributed by atoms with Gasteiger partial charge in [0, 0.05) is 29.2 Å². The SMILES string of the molecule is O=C(NCc1ccc([C@@H]2O[C@H](CSc3ccccc3)C[C@H](c3ccc(CO)cc3)O2)cc1)C(Cl)(Cl)Cl. The molecular formula is C27H26Cl3NO4S. The van der Waals surface area contributed by atoms with Crippen molar-refractivity contribution < 1.29 is 19.4 Å². The number of hydrogen-bond acceptors (Lipinski definition) is 5. The second kappa shape index (κ2) is 12.7. The zero-order valence-electron chi connectivity index (χ0n) is 19.3. The normalized spacial score (nSPS) is 20.2. The third-order valence-corrected chi connectivity index (χ3v) is 7.42. The molecule has 4 rings (SSSR count). The highest BCUT2D eigenvalue weighted by Gasteiger charge is 2.32. The predicted octanol–water partition coefficient (Wildman–Crippen LogP) is 6.50. The third kappa shape index (κ3) is 7.62. The van der Waals surface area contributed by atoms with E-state index in [-0.39, 0.29) is 25.4 Å². The maximum atomic E-state index is 11.8. The molecule has 3 aromatic rings. The topological polar surface area (TPSA) is 67.8 Å². The molecule has 3 aromatic carbocycles. The largest absolute Gasteiger partial charge is 0.392 e. The van der Waals surface area contributed by atoms with Gasteiger partial charge in [0.25, 0.3) is 9.70 Å². The minimum absolute atomic E-state index is 0.00233. The number of hydrogen-bond donors (Lipinski definition) is 2. The molecule has 0 radical (unpaired) electrons. The van der Waals surface area contributed by atoms with Gasteiger partial charge in [-0.25, -0.2) is 0 Å². The Labute approximate surface area is 230 Å². The second-order valence-corrected chi connectivity index (χ2v) is 11.8. The van der Waals surface area contributed by atoms with Gasteiger partial charge in [-0.2, -0.15) is 0 Å². The number of aliphatic hydroxyl groups excluding tert-OH is 1. The number of nitrogens with one attached hydrogen (secondary N) is 1. The van der Waals surface area contributed by atoms with Crippen LogP contribution in [0, 0.1) is 0 Å². The summed E-state index contributed by atoms with van der Waals surface area (Å²) in [7, 11) is 0. The predicted molar refractivity (Wildman–Crippen MR) is 144 cm³/mol. The van der Waals surface area contributed by atoms with Crippen LogP contribution < -0.4 is 5.32 Å². The average Bonchev–Trinajstić information content (AvgIpc) is 2.90. The van der Waals surface area contributed by atoms with Crippen LogP contribution in [0.15, 0.2) is 83.8 Å². The van der Waals surface area contributed by atoms with Crippen LogP contribution in [0.3, 0.4) is 0 Å². The third-order valence-electron chi connectivity index (χ3n) is 5.76. The Balaban J connectivity index is 1.47. The molecule has 190 valence electrons. The van der Waals surface area contributed by atoms with E-state index in [0.29, 0.717) is 0 Å². The molecule has 1 heterocycles. The van der Waals surface area contributed by atoms with Crippen molar-refractivity contribution >= 4 is 52.5 Å². The lowest BCUT2D eigenvalue weighted by atomic mass is 10.0. The van der Waals surface area contributed by atoms with Crippen LogP contribution in [-0.4, -0.2) is 26.7 Å². The summed E-state index contributed by atoms with van der Waals surface area (Å²) in [5.41, 5.74) is 3.62. The van der Waals surface area contributed by atoms with Gasteiger partial charge in [-0.15, -0.1) is 11.8 Å². The Morgan fingerprint density at radius 3 is 2.19 bits per heavy atom. The van der Waals surface area contributed by atoms with Crippen molar-refractivity contribution in [3.8, 4) is 0 Å². The van der Waals surface area contributed by atoms with Crippen LogP contribution >= 0.6 is 46.6 Å². The molecule has 2 N–H and O–H groups in total. The molecular weight excluding hydrogens is 541 g/mol. The van der Waals surface area contributed by atoms with Gasteiger partial charge < -0.3 is 19.9 Å². The van der Waals surface area contributed by atoms with Crippen LogP contribution in [0.1, 0.15) is 41.1 Å². The molecule has 0 aliphatic carbocycles. The number of benzene rings is 3. The molecule has 1 aliphatic heterocycles. The van der Waals surface area contributed by atoms with Crippen molar-refractivity contribution in [3.63, 3.8) is 0 Å². The average molecular weight is 567 g/mol. The van der Waals surface area contributed by atoms with E-state index in [4.69, 9.17) is 44.3 Å². The van der Waals surface area contributed by atoms with E-state index in [9.17, 15) is 9.90 Å². The summed E-state index contributed by atoms with van der Waals surface area (Å²) in [6.07, 6.45) is -0.0102. The minimum atomic E-state index is -2.00. The first kappa shape index (κ1) is 27.3.